The lowest BCUT2D eigenvalue weighted by atomic mass is 9.95. The molecule has 0 spiro atoms. The predicted octanol–water partition coefficient (Wildman–Crippen LogP) is 1.65. The molecular formula is C18H22FN3O2. The Morgan fingerprint density at radius 1 is 1.25 bits per heavy atom. The lowest BCUT2D eigenvalue weighted by molar-refractivity contribution is -0.128. The second-order valence-corrected chi connectivity index (χ2v) is 6.30. The van der Waals surface area contributed by atoms with Crippen molar-refractivity contribution in [1.82, 2.24) is 15.1 Å². The highest BCUT2D eigenvalue weighted by Gasteiger charge is 2.30. The van der Waals surface area contributed by atoms with Crippen LogP contribution in [0.25, 0.3) is 0 Å². The number of hydrogen-bond donors (Lipinski definition) is 1. The average Bonchev–Trinajstić information content (AvgIpc) is 2.56. The zero-order valence-electron chi connectivity index (χ0n) is 13.6. The number of carbonyl (C=O) groups is 2. The van der Waals surface area contributed by atoms with Crippen molar-refractivity contribution in [1.29, 1.82) is 0 Å². The third-order valence-corrected chi connectivity index (χ3v) is 4.57. The molecule has 1 fully saturated rings. The predicted molar refractivity (Wildman–Crippen MR) is 88.3 cm³/mol. The van der Waals surface area contributed by atoms with Crippen molar-refractivity contribution < 1.29 is 14.0 Å². The molecule has 2 aliphatic heterocycles. The SMILES string of the molecule is O=C1CN(CN2CCCC(=O)C2CCc2ccccc2F)C=CN1. The van der Waals surface area contributed by atoms with Crippen LogP contribution in [-0.4, -0.2) is 47.3 Å². The summed E-state index contributed by atoms with van der Waals surface area (Å²) in [6.45, 7) is 1.65. The van der Waals surface area contributed by atoms with Gasteiger partial charge in [-0.3, -0.25) is 14.5 Å². The van der Waals surface area contributed by atoms with Crippen molar-refractivity contribution >= 4 is 11.7 Å². The quantitative estimate of drug-likeness (QED) is 0.891. The van der Waals surface area contributed by atoms with Gasteiger partial charge >= 0.3 is 0 Å². The van der Waals surface area contributed by atoms with E-state index in [1.165, 1.54) is 6.07 Å². The van der Waals surface area contributed by atoms with Crippen LogP contribution >= 0.6 is 0 Å². The Kier molecular flexibility index (Phi) is 5.25. The van der Waals surface area contributed by atoms with E-state index in [0.717, 1.165) is 13.0 Å². The molecule has 1 atom stereocenters. The van der Waals surface area contributed by atoms with Crippen LogP contribution in [0.4, 0.5) is 4.39 Å². The maximum absolute atomic E-state index is 13.8. The van der Waals surface area contributed by atoms with Crippen molar-refractivity contribution in [2.24, 2.45) is 0 Å². The second-order valence-electron chi connectivity index (χ2n) is 6.30. The van der Waals surface area contributed by atoms with E-state index in [2.05, 4.69) is 10.2 Å². The molecule has 1 N–H and O–H groups in total. The fourth-order valence-corrected chi connectivity index (χ4v) is 3.34. The Hall–Kier alpha value is -2.21. The molecule has 1 amide bonds. The number of piperidine rings is 1. The lowest BCUT2D eigenvalue weighted by Crippen LogP contribution is -2.51. The second kappa shape index (κ2) is 7.57. The van der Waals surface area contributed by atoms with Gasteiger partial charge in [0.05, 0.1) is 19.3 Å². The Morgan fingerprint density at radius 2 is 2.08 bits per heavy atom. The molecule has 1 saturated heterocycles. The molecule has 1 aromatic rings. The molecule has 2 heterocycles. The molecule has 0 bridgehead atoms. The van der Waals surface area contributed by atoms with Crippen molar-refractivity contribution in [3.8, 4) is 0 Å². The van der Waals surface area contributed by atoms with E-state index in [1.807, 2.05) is 17.2 Å². The summed E-state index contributed by atoms with van der Waals surface area (Å²) in [5.74, 6) is -0.0604. The molecular weight excluding hydrogens is 309 g/mol. The first kappa shape index (κ1) is 16.6. The largest absolute Gasteiger partial charge is 0.354 e. The van der Waals surface area contributed by atoms with Gasteiger partial charge in [0, 0.05) is 25.4 Å². The van der Waals surface area contributed by atoms with Gasteiger partial charge in [-0.2, -0.15) is 0 Å². The highest BCUT2D eigenvalue weighted by molar-refractivity contribution is 5.84. The van der Waals surface area contributed by atoms with Gasteiger partial charge in [0.25, 0.3) is 0 Å². The van der Waals surface area contributed by atoms with Crippen LogP contribution in [0, 0.1) is 5.82 Å². The topological polar surface area (TPSA) is 52.7 Å². The van der Waals surface area contributed by atoms with E-state index in [4.69, 9.17) is 0 Å². The number of carbonyl (C=O) groups excluding carboxylic acids is 2. The minimum Gasteiger partial charge on any atom is -0.354 e. The molecule has 0 radical (unpaired) electrons. The van der Waals surface area contributed by atoms with Crippen LogP contribution in [0.3, 0.4) is 0 Å². The van der Waals surface area contributed by atoms with Crippen molar-refractivity contribution in [2.45, 2.75) is 31.7 Å². The molecule has 1 aromatic carbocycles. The summed E-state index contributed by atoms with van der Waals surface area (Å²) in [6, 6.07) is 6.50. The van der Waals surface area contributed by atoms with Gasteiger partial charge < -0.3 is 10.2 Å². The van der Waals surface area contributed by atoms with Gasteiger partial charge in [0.2, 0.25) is 5.91 Å². The number of likely N-dealkylation sites (tertiary alicyclic amines) is 1. The van der Waals surface area contributed by atoms with Gasteiger partial charge in [-0.05, 0) is 30.9 Å². The molecule has 5 nitrogen and oxygen atoms in total. The van der Waals surface area contributed by atoms with Crippen LogP contribution < -0.4 is 5.32 Å². The lowest BCUT2D eigenvalue weighted by Gasteiger charge is -2.38. The fourth-order valence-electron chi connectivity index (χ4n) is 3.34. The molecule has 0 aliphatic carbocycles. The van der Waals surface area contributed by atoms with E-state index >= 15 is 0 Å². The summed E-state index contributed by atoms with van der Waals surface area (Å²) in [5, 5.41) is 2.63. The summed E-state index contributed by atoms with van der Waals surface area (Å²) in [7, 11) is 0. The first-order valence-corrected chi connectivity index (χ1v) is 8.34. The third-order valence-electron chi connectivity index (χ3n) is 4.57. The molecule has 2 aliphatic rings. The van der Waals surface area contributed by atoms with Gasteiger partial charge in [0.1, 0.15) is 11.6 Å². The number of nitrogens with zero attached hydrogens (tertiary/aromatic N) is 2. The molecule has 24 heavy (non-hydrogen) atoms. The van der Waals surface area contributed by atoms with Crippen molar-refractivity contribution in [3.63, 3.8) is 0 Å². The number of rotatable bonds is 5. The highest BCUT2D eigenvalue weighted by atomic mass is 19.1. The molecule has 6 heteroatoms. The van der Waals surface area contributed by atoms with Crippen LogP contribution in [0.5, 0.6) is 0 Å². The minimum atomic E-state index is -0.219. The Bertz CT molecular complexity index is 647. The van der Waals surface area contributed by atoms with Crippen LogP contribution in [0.1, 0.15) is 24.8 Å². The van der Waals surface area contributed by atoms with E-state index < -0.39 is 0 Å². The average molecular weight is 331 g/mol. The Labute approximate surface area is 141 Å². The van der Waals surface area contributed by atoms with Crippen LogP contribution in [0.15, 0.2) is 36.7 Å². The summed E-state index contributed by atoms with van der Waals surface area (Å²) >= 11 is 0. The number of nitrogens with one attached hydrogen (secondary N) is 1. The van der Waals surface area contributed by atoms with E-state index in [1.54, 1.807) is 18.3 Å². The third kappa shape index (κ3) is 4.00. The van der Waals surface area contributed by atoms with Crippen molar-refractivity contribution in [2.75, 3.05) is 19.8 Å². The van der Waals surface area contributed by atoms with Gasteiger partial charge in [-0.25, -0.2) is 4.39 Å². The summed E-state index contributed by atoms with van der Waals surface area (Å²) in [4.78, 5) is 27.8. The maximum Gasteiger partial charge on any atom is 0.243 e. The number of amides is 1. The molecule has 128 valence electrons. The number of halogens is 1. The number of Topliss-reactive ketones (excluding diaryl/α,β-unsaturated/α-hetero) is 1. The zero-order chi connectivity index (χ0) is 16.9. The Morgan fingerprint density at radius 3 is 2.88 bits per heavy atom. The normalized spacial score (nSPS) is 21.9. The summed E-state index contributed by atoms with van der Waals surface area (Å²) in [6.07, 6.45) is 5.99. The number of ketones is 1. The van der Waals surface area contributed by atoms with Crippen molar-refractivity contribution in [3.05, 3.63) is 48.0 Å². The highest BCUT2D eigenvalue weighted by Crippen LogP contribution is 2.20. The van der Waals surface area contributed by atoms with Crippen LogP contribution in [0.2, 0.25) is 0 Å². The number of aryl methyl sites for hydroxylation is 1. The van der Waals surface area contributed by atoms with Gasteiger partial charge in [-0.1, -0.05) is 18.2 Å². The van der Waals surface area contributed by atoms with E-state index in [9.17, 15) is 14.0 Å². The first-order valence-electron chi connectivity index (χ1n) is 8.34. The maximum atomic E-state index is 13.8. The molecule has 0 aromatic heterocycles. The number of hydrogen-bond acceptors (Lipinski definition) is 4. The van der Waals surface area contributed by atoms with E-state index in [-0.39, 0.29) is 23.5 Å². The summed E-state index contributed by atoms with van der Waals surface area (Å²) < 4.78 is 13.8. The van der Waals surface area contributed by atoms with Gasteiger partial charge in [0.15, 0.2) is 0 Å². The van der Waals surface area contributed by atoms with Crippen LogP contribution in [-0.2, 0) is 16.0 Å². The van der Waals surface area contributed by atoms with Gasteiger partial charge in [-0.15, -0.1) is 0 Å². The standard InChI is InChI=1S/C18H22FN3O2/c19-15-5-2-1-4-14(15)7-8-16-17(23)6-3-10-22(16)13-21-11-9-20-18(24)12-21/h1-2,4-5,9,11,16H,3,6-8,10,12-13H2,(H,20,24). The first-order chi connectivity index (χ1) is 11.6. The molecule has 1 unspecified atom stereocenters. The monoisotopic (exact) mass is 331 g/mol. The summed E-state index contributed by atoms with van der Waals surface area (Å²) in [5.41, 5.74) is 0.646. The Balaban J connectivity index is 1.64. The minimum absolute atomic E-state index is 0.0521. The number of benzene rings is 1. The molecule has 0 saturated carbocycles. The zero-order valence-corrected chi connectivity index (χ0v) is 13.6. The fraction of sp³-hybridized carbons (Fsp3) is 0.444. The smallest absolute Gasteiger partial charge is 0.243 e. The molecule has 3 rings (SSSR count). The van der Waals surface area contributed by atoms with E-state index in [0.29, 0.717) is 38.0 Å².